The third kappa shape index (κ3) is 4.64. The second-order valence-electron chi connectivity index (χ2n) is 5.84. The lowest BCUT2D eigenvalue weighted by Gasteiger charge is -2.21. The van der Waals surface area contributed by atoms with Gasteiger partial charge < -0.3 is 15.4 Å². The SMILES string of the molecule is C[C@H](NC(=O)CNC(=O)C(C)(C)C)[C@@H]1CCCO1. The van der Waals surface area contributed by atoms with Crippen LogP contribution in [-0.4, -0.2) is 37.1 Å². The van der Waals surface area contributed by atoms with Gasteiger partial charge in [-0.05, 0) is 19.8 Å². The maximum Gasteiger partial charge on any atom is 0.239 e. The van der Waals surface area contributed by atoms with E-state index >= 15 is 0 Å². The van der Waals surface area contributed by atoms with E-state index in [1.54, 1.807) is 0 Å². The van der Waals surface area contributed by atoms with E-state index in [9.17, 15) is 9.59 Å². The molecule has 2 N–H and O–H groups in total. The second-order valence-corrected chi connectivity index (χ2v) is 5.84. The summed E-state index contributed by atoms with van der Waals surface area (Å²) in [7, 11) is 0. The zero-order chi connectivity index (χ0) is 13.8. The number of carbonyl (C=O) groups excluding carboxylic acids is 2. The van der Waals surface area contributed by atoms with Crippen LogP contribution in [0.2, 0.25) is 0 Å². The van der Waals surface area contributed by atoms with Gasteiger partial charge in [0, 0.05) is 12.0 Å². The van der Waals surface area contributed by atoms with Gasteiger partial charge >= 0.3 is 0 Å². The van der Waals surface area contributed by atoms with Gasteiger partial charge in [-0.2, -0.15) is 0 Å². The zero-order valence-electron chi connectivity index (χ0n) is 11.7. The summed E-state index contributed by atoms with van der Waals surface area (Å²) in [6, 6.07) is -0.00783. The van der Waals surface area contributed by atoms with Gasteiger partial charge in [0.05, 0.1) is 18.7 Å². The Kier molecular flexibility index (Phi) is 5.14. The van der Waals surface area contributed by atoms with Gasteiger partial charge in [0.25, 0.3) is 0 Å². The van der Waals surface area contributed by atoms with E-state index in [-0.39, 0.29) is 30.5 Å². The number of ether oxygens (including phenoxy) is 1. The van der Waals surface area contributed by atoms with Crippen LogP contribution in [0.1, 0.15) is 40.5 Å². The largest absolute Gasteiger partial charge is 0.376 e. The minimum atomic E-state index is -0.472. The molecule has 0 saturated carbocycles. The standard InChI is InChI=1S/C13H24N2O3/c1-9(10-6-5-7-18-10)15-11(16)8-14-12(17)13(2,3)4/h9-10H,5-8H2,1-4H3,(H,14,17)(H,15,16)/t9-,10-/m0/s1. The molecule has 1 aliphatic heterocycles. The van der Waals surface area contributed by atoms with Gasteiger partial charge in [-0.1, -0.05) is 20.8 Å². The Bertz CT molecular complexity index is 304. The Hall–Kier alpha value is -1.10. The Balaban J connectivity index is 2.27. The smallest absolute Gasteiger partial charge is 0.239 e. The number of hydrogen-bond donors (Lipinski definition) is 2. The van der Waals surface area contributed by atoms with Crippen molar-refractivity contribution in [3.8, 4) is 0 Å². The maximum absolute atomic E-state index is 11.7. The van der Waals surface area contributed by atoms with E-state index in [1.807, 2.05) is 27.7 Å². The monoisotopic (exact) mass is 256 g/mol. The molecule has 5 nitrogen and oxygen atoms in total. The molecule has 1 fully saturated rings. The number of carbonyl (C=O) groups is 2. The van der Waals surface area contributed by atoms with Crippen LogP contribution in [0.25, 0.3) is 0 Å². The molecular formula is C13H24N2O3. The molecule has 0 aromatic heterocycles. The Labute approximate surface area is 109 Å². The highest BCUT2D eigenvalue weighted by Gasteiger charge is 2.25. The first-order chi connectivity index (χ1) is 8.30. The highest BCUT2D eigenvalue weighted by atomic mass is 16.5. The lowest BCUT2D eigenvalue weighted by molar-refractivity contribution is -0.131. The average Bonchev–Trinajstić information content (AvgIpc) is 2.77. The first-order valence-electron chi connectivity index (χ1n) is 6.50. The van der Waals surface area contributed by atoms with Crippen molar-refractivity contribution in [1.29, 1.82) is 0 Å². The predicted molar refractivity (Wildman–Crippen MR) is 69.0 cm³/mol. The van der Waals surface area contributed by atoms with E-state index in [1.165, 1.54) is 0 Å². The summed E-state index contributed by atoms with van der Waals surface area (Å²) in [5, 5.41) is 5.48. The van der Waals surface area contributed by atoms with Crippen molar-refractivity contribution in [3.05, 3.63) is 0 Å². The van der Waals surface area contributed by atoms with Crippen molar-refractivity contribution in [1.82, 2.24) is 10.6 Å². The summed E-state index contributed by atoms with van der Waals surface area (Å²) in [6.45, 7) is 8.16. The summed E-state index contributed by atoms with van der Waals surface area (Å²) < 4.78 is 5.49. The van der Waals surface area contributed by atoms with E-state index in [2.05, 4.69) is 10.6 Å². The van der Waals surface area contributed by atoms with Crippen LogP contribution in [0.15, 0.2) is 0 Å². The quantitative estimate of drug-likeness (QED) is 0.783. The van der Waals surface area contributed by atoms with E-state index in [4.69, 9.17) is 4.74 Å². The maximum atomic E-state index is 11.7. The fourth-order valence-corrected chi connectivity index (χ4v) is 1.82. The Morgan fingerprint density at radius 1 is 1.39 bits per heavy atom. The van der Waals surface area contributed by atoms with Gasteiger partial charge in [0.2, 0.25) is 11.8 Å². The molecule has 0 aromatic carbocycles. The molecule has 0 radical (unpaired) electrons. The second kappa shape index (κ2) is 6.18. The van der Waals surface area contributed by atoms with Gasteiger partial charge in [-0.3, -0.25) is 9.59 Å². The van der Waals surface area contributed by atoms with Crippen LogP contribution in [-0.2, 0) is 14.3 Å². The minimum absolute atomic E-state index is 0.00783. The van der Waals surface area contributed by atoms with Crippen LogP contribution in [0.5, 0.6) is 0 Å². The average molecular weight is 256 g/mol. The van der Waals surface area contributed by atoms with Gasteiger partial charge in [0.15, 0.2) is 0 Å². The van der Waals surface area contributed by atoms with Crippen molar-refractivity contribution in [2.75, 3.05) is 13.2 Å². The zero-order valence-corrected chi connectivity index (χ0v) is 11.7. The molecule has 1 saturated heterocycles. The molecule has 2 amide bonds. The lowest BCUT2D eigenvalue weighted by Crippen LogP contribution is -2.47. The summed E-state index contributed by atoms with van der Waals surface area (Å²) in [6.07, 6.45) is 2.13. The topological polar surface area (TPSA) is 67.4 Å². The summed E-state index contributed by atoms with van der Waals surface area (Å²) in [4.78, 5) is 23.3. The number of hydrogen-bond acceptors (Lipinski definition) is 3. The van der Waals surface area contributed by atoms with Crippen molar-refractivity contribution < 1.29 is 14.3 Å². The van der Waals surface area contributed by atoms with Crippen LogP contribution in [0, 0.1) is 5.41 Å². The summed E-state index contributed by atoms with van der Waals surface area (Å²) in [5.74, 6) is -0.294. The molecule has 1 rings (SSSR count). The van der Waals surface area contributed by atoms with Gasteiger partial charge in [0.1, 0.15) is 0 Å². The molecule has 104 valence electrons. The van der Waals surface area contributed by atoms with E-state index in [0.29, 0.717) is 0 Å². The molecule has 5 heteroatoms. The van der Waals surface area contributed by atoms with Crippen molar-refractivity contribution in [2.45, 2.75) is 52.7 Å². The highest BCUT2D eigenvalue weighted by molar-refractivity contribution is 5.87. The van der Waals surface area contributed by atoms with Crippen molar-refractivity contribution >= 4 is 11.8 Å². The molecule has 2 atom stereocenters. The fraction of sp³-hybridized carbons (Fsp3) is 0.846. The normalized spacial score (nSPS) is 21.4. The van der Waals surface area contributed by atoms with E-state index in [0.717, 1.165) is 19.4 Å². The number of rotatable bonds is 4. The van der Waals surface area contributed by atoms with Gasteiger partial charge in [-0.15, -0.1) is 0 Å². The molecule has 0 bridgehead atoms. The van der Waals surface area contributed by atoms with Crippen molar-refractivity contribution in [2.24, 2.45) is 5.41 Å². The molecule has 18 heavy (non-hydrogen) atoms. The van der Waals surface area contributed by atoms with Crippen molar-refractivity contribution in [3.63, 3.8) is 0 Å². The molecule has 1 aliphatic rings. The molecular weight excluding hydrogens is 232 g/mol. The molecule has 0 spiro atoms. The highest BCUT2D eigenvalue weighted by Crippen LogP contribution is 2.15. The van der Waals surface area contributed by atoms with Crippen LogP contribution >= 0.6 is 0 Å². The number of amides is 2. The Morgan fingerprint density at radius 2 is 2.06 bits per heavy atom. The fourth-order valence-electron chi connectivity index (χ4n) is 1.82. The van der Waals surface area contributed by atoms with Crippen LogP contribution in [0.4, 0.5) is 0 Å². The minimum Gasteiger partial charge on any atom is -0.376 e. The third-order valence-electron chi connectivity index (χ3n) is 3.00. The molecule has 0 aromatic rings. The van der Waals surface area contributed by atoms with E-state index < -0.39 is 5.41 Å². The summed E-state index contributed by atoms with van der Waals surface area (Å²) >= 11 is 0. The first-order valence-corrected chi connectivity index (χ1v) is 6.50. The van der Waals surface area contributed by atoms with Crippen LogP contribution in [0.3, 0.4) is 0 Å². The van der Waals surface area contributed by atoms with Crippen LogP contribution < -0.4 is 10.6 Å². The molecule has 0 unspecified atom stereocenters. The molecule has 0 aliphatic carbocycles. The molecule has 1 heterocycles. The first kappa shape index (κ1) is 15.0. The third-order valence-corrected chi connectivity index (χ3v) is 3.00. The van der Waals surface area contributed by atoms with Gasteiger partial charge in [-0.25, -0.2) is 0 Å². The lowest BCUT2D eigenvalue weighted by atomic mass is 9.96. The predicted octanol–water partition coefficient (Wildman–Crippen LogP) is 0.832. The summed E-state index contributed by atoms with van der Waals surface area (Å²) in [5.41, 5.74) is -0.472. The number of nitrogens with one attached hydrogen (secondary N) is 2. The Morgan fingerprint density at radius 3 is 2.56 bits per heavy atom.